The Kier molecular flexibility index (Phi) is 6.58. The van der Waals surface area contributed by atoms with Gasteiger partial charge in [-0.3, -0.25) is 4.79 Å². The first-order chi connectivity index (χ1) is 9.79. The minimum Gasteiger partial charge on any atom is -0.480 e. The zero-order valence-corrected chi connectivity index (χ0v) is 12.7. The first-order valence-electron chi connectivity index (χ1n) is 6.61. The van der Waals surface area contributed by atoms with Crippen molar-refractivity contribution >= 4 is 23.5 Å². The van der Waals surface area contributed by atoms with E-state index in [9.17, 15) is 14.7 Å². The minimum atomic E-state index is -1.21. The van der Waals surface area contributed by atoms with Gasteiger partial charge in [0.15, 0.2) is 0 Å². The molecule has 1 amide bonds. The molecular formula is C14H19ClN2O4. The van der Waals surface area contributed by atoms with E-state index in [0.29, 0.717) is 10.7 Å². The van der Waals surface area contributed by atoms with Crippen molar-refractivity contribution in [3.63, 3.8) is 0 Å². The summed E-state index contributed by atoms with van der Waals surface area (Å²) < 4.78 is 0. The molecule has 0 radical (unpaired) electrons. The number of carboxylic acid groups (broad SMARTS) is 1. The van der Waals surface area contributed by atoms with Gasteiger partial charge in [0, 0.05) is 12.6 Å². The van der Waals surface area contributed by atoms with E-state index in [1.54, 1.807) is 12.1 Å². The standard InChI is InChI=1S/C14H19ClN2O4/c1-8(2)5-11(18)13(19)17-10(14(20)21)6-9-3-4-12(15)16-7-9/h3-4,7-8,10-11,18H,5-6H2,1-2H3,(H,17,19)(H,20,21)/t10-,11-/m1/s1. The van der Waals surface area contributed by atoms with Crippen LogP contribution in [0, 0.1) is 5.92 Å². The van der Waals surface area contributed by atoms with E-state index in [2.05, 4.69) is 10.3 Å². The number of hydrogen-bond acceptors (Lipinski definition) is 4. The molecule has 0 aromatic carbocycles. The number of carbonyl (C=O) groups is 2. The largest absolute Gasteiger partial charge is 0.480 e. The van der Waals surface area contributed by atoms with Crippen LogP contribution in [0.5, 0.6) is 0 Å². The zero-order chi connectivity index (χ0) is 16.0. The molecule has 0 bridgehead atoms. The van der Waals surface area contributed by atoms with Crippen molar-refractivity contribution in [2.24, 2.45) is 5.92 Å². The molecule has 0 fully saturated rings. The van der Waals surface area contributed by atoms with Crippen LogP contribution in [0.15, 0.2) is 18.3 Å². The molecule has 0 saturated heterocycles. The number of nitrogens with one attached hydrogen (secondary N) is 1. The molecule has 0 spiro atoms. The van der Waals surface area contributed by atoms with E-state index >= 15 is 0 Å². The molecule has 0 saturated carbocycles. The number of rotatable bonds is 7. The lowest BCUT2D eigenvalue weighted by molar-refractivity contribution is -0.143. The summed E-state index contributed by atoms with van der Waals surface area (Å²) in [5.74, 6) is -1.72. The van der Waals surface area contributed by atoms with Crippen LogP contribution >= 0.6 is 11.6 Å². The van der Waals surface area contributed by atoms with Crippen LogP contribution in [0.3, 0.4) is 0 Å². The summed E-state index contributed by atoms with van der Waals surface area (Å²) in [5, 5.41) is 21.5. The van der Waals surface area contributed by atoms with Gasteiger partial charge < -0.3 is 15.5 Å². The lowest BCUT2D eigenvalue weighted by atomic mass is 10.0. The molecule has 3 N–H and O–H groups in total. The van der Waals surface area contributed by atoms with Gasteiger partial charge in [0.05, 0.1) is 0 Å². The highest BCUT2D eigenvalue weighted by atomic mass is 35.5. The van der Waals surface area contributed by atoms with E-state index in [1.807, 2.05) is 13.8 Å². The number of aromatic nitrogens is 1. The van der Waals surface area contributed by atoms with Crippen LogP contribution < -0.4 is 5.32 Å². The van der Waals surface area contributed by atoms with Gasteiger partial charge in [0.2, 0.25) is 5.91 Å². The number of aliphatic carboxylic acids is 1. The molecule has 116 valence electrons. The highest BCUT2D eigenvalue weighted by Gasteiger charge is 2.24. The van der Waals surface area contributed by atoms with Gasteiger partial charge in [0.25, 0.3) is 0 Å². The second-order valence-corrected chi connectivity index (χ2v) is 5.63. The third-order valence-electron chi connectivity index (χ3n) is 2.84. The summed E-state index contributed by atoms with van der Waals surface area (Å²) in [6, 6.07) is 2.06. The molecule has 1 heterocycles. The van der Waals surface area contributed by atoms with Crippen molar-refractivity contribution in [3.8, 4) is 0 Å². The molecule has 6 nitrogen and oxygen atoms in total. The summed E-state index contributed by atoms with van der Waals surface area (Å²) in [4.78, 5) is 26.8. The third-order valence-corrected chi connectivity index (χ3v) is 3.06. The maximum Gasteiger partial charge on any atom is 0.326 e. The third kappa shape index (κ3) is 6.10. The number of carbonyl (C=O) groups excluding carboxylic acids is 1. The number of amides is 1. The van der Waals surface area contributed by atoms with Crippen LogP contribution in [0.4, 0.5) is 0 Å². The van der Waals surface area contributed by atoms with Crippen molar-refractivity contribution in [2.45, 2.75) is 38.8 Å². The van der Waals surface area contributed by atoms with E-state index in [4.69, 9.17) is 16.7 Å². The van der Waals surface area contributed by atoms with Crippen molar-refractivity contribution in [2.75, 3.05) is 0 Å². The lowest BCUT2D eigenvalue weighted by Crippen LogP contribution is -2.46. The molecule has 2 atom stereocenters. The van der Waals surface area contributed by atoms with Crippen molar-refractivity contribution < 1.29 is 19.8 Å². The average molecular weight is 315 g/mol. The fourth-order valence-corrected chi connectivity index (χ4v) is 1.90. The zero-order valence-electron chi connectivity index (χ0n) is 11.9. The van der Waals surface area contributed by atoms with Crippen LogP contribution in [-0.2, 0) is 16.0 Å². The van der Waals surface area contributed by atoms with E-state index in [0.717, 1.165) is 0 Å². The Morgan fingerprint density at radius 1 is 1.38 bits per heavy atom. The quantitative estimate of drug-likeness (QED) is 0.658. The number of aliphatic hydroxyl groups is 1. The SMILES string of the molecule is CC(C)C[C@@H](O)C(=O)N[C@H](Cc1ccc(Cl)nc1)C(=O)O. The molecule has 21 heavy (non-hydrogen) atoms. The Balaban J connectivity index is 2.67. The number of nitrogens with zero attached hydrogens (tertiary/aromatic N) is 1. The highest BCUT2D eigenvalue weighted by Crippen LogP contribution is 2.09. The molecule has 1 aromatic heterocycles. The highest BCUT2D eigenvalue weighted by molar-refractivity contribution is 6.29. The summed E-state index contributed by atoms with van der Waals surface area (Å²) in [5.41, 5.74) is 0.630. The smallest absolute Gasteiger partial charge is 0.326 e. The molecule has 0 unspecified atom stereocenters. The molecule has 1 rings (SSSR count). The Bertz CT molecular complexity index is 490. The minimum absolute atomic E-state index is 0.0691. The maximum absolute atomic E-state index is 11.8. The number of carboxylic acids is 1. The van der Waals surface area contributed by atoms with E-state index in [1.165, 1.54) is 6.20 Å². The molecule has 0 aliphatic rings. The number of aliphatic hydroxyl groups excluding tert-OH is 1. The first-order valence-corrected chi connectivity index (χ1v) is 6.99. The Morgan fingerprint density at radius 2 is 2.05 bits per heavy atom. The lowest BCUT2D eigenvalue weighted by Gasteiger charge is -2.18. The van der Waals surface area contributed by atoms with Gasteiger partial charge in [-0.2, -0.15) is 0 Å². The summed E-state index contributed by atoms with van der Waals surface area (Å²) in [6.45, 7) is 3.73. The van der Waals surface area contributed by atoms with Crippen LogP contribution in [0.2, 0.25) is 5.15 Å². The van der Waals surface area contributed by atoms with Crippen molar-refractivity contribution in [3.05, 3.63) is 29.0 Å². The van der Waals surface area contributed by atoms with Gasteiger partial charge in [-0.05, 0) is 24.0 Å². The van der Waals surface area contributed by atoms with Crippen LogP contribution in [-0.4, -0.2) is 39.2 Å². The van der Waals surface area contributed by atoms with Crippen LogP contribution in [0.1, 0.15) is 25.8 Å². The molecule has 0 aliphatic heterocycles. The monoisotopic (exact) mass is 314 g/mol. The van der Waals surface area contributed by atoms with Gasteiger partial charge in [-0.15, -0.1) is 0 Å². The van der Waals surface area contributed by atoms with Crippen molar-refractivity contribution in [1.82, 2.24) is 10.3 Å². The first kappa shape index (κ1) is 17.4. The second-order valence-electron chi connectivity index (χ2n) is 5.24. The van der Waals surface area contributed by atoms with E-state index < -0.39 is 24.0 Å². The Labute approximate surface area is 128 Å². The maximum atomic E-state index is 11.8. The summed E-state index contributed by atoms with van der Waals surface area (Å²) in [6.07, 6.45) is 0.588. The predicted octanol–water partition coefficient (Wildman–Crippen LogP) is 1.25. The van der Waals surface area contributed by atoms with Crippen molar-refractivity contribution in [1.29, 1.82) is 0 Å². The summed E-state index contributed by atoms with van der Waals surface area (Å²) in [7, 11) is 0. The predicted molar refractivity (Wildman–Crippen MR) is 78.0 cm³/mol. The second kappa shape index (κ2) is 7.95. The summed E-state index contributed by atoms with van der Waals surface area (Å²) >= 11 is 5.65. The molecule has 1 aromatic rings. The fraction of sp³-hybridized carbons (Fsp3) is 0.500. The Hall–Kier alpha value is -1.66. The van der Waals surface area contributed by atoms with Gasteiger partial charge in [0.1, 0.15) is 17.3 Å². The number of pyridine rings is 1. The topological polar surface area (TPSA) is 99.5 Å². The molecular weight excluding hydrogens is 296 g/mol. The molecule has 7 heteroatoms. The van der Waals surface area contributed by atoms with E-state index in [-0.39, 0.29) is 18.8 Å². The van der Waals surface area contributed by atoms with Crippen LogP contribution in [0.25, 0.3) is 0 Å². The Morgan fingerprint density at radius 3 is 2.52 bits per heavy atom. The van der Waals surface area contributed by atoms with Gasteiger partial charge in [-0.1, -0.05) is 31.5 Å². The number of halogens is 1. The van der Waals surface area contributed by atoms with Gasteiger partial charge >= 0.3 is 5.97 Å². The van der Waals surface area contributed by atoms with Gasteiger partial charge in [-0.25, -0.2) is 9.78 Å². The normalized spacial score (nSPS) is 13.8. The average Bonchev–Trinajstić information content (AvgIpc) is 2.39. The number of hydrogen-bond donors (Lipinski definition) is 3. The fourth-order valence-electron chi connectivity index (χ4n) is 1.78. The molecule has 0 aliphatic carbocycles.